The van der Waals surface area contributed by atoms with Gasteiger partial charge in [0.2, 0.25) is 23.5 Å². The van der Waals surface area contributed by atoms with Gasteiger partial charge in [-0.1, -0.05) is 81.1 Å². The minimum atomic E-state index is -1.09. The number of hydrogen-bond donors (Lipinski definition) is 6. The highest BCUT2D eigenvalue weighted by molar-refractivity contribution is 6.38. The van der Waals surface area contributed by atoms with Crippen LogP contribution in [-0.2, 0) is 24.0 Å². The maximum Gasteiger partial charge on any atom is 0.315 e. The molecule has 7 N–H and O–H groups in total. The van der Waals surface area contributed by atoms with Crippen LogP contribution in [0.3, 0.4) is 0 Å². The monoisotopic (exact) mass is 715 g/mol. The Labute approximate surface area is 304 Å². The zero-order valence-electron chi connectivity index (χ0n) is 32.9. The lowest BCUT2D eigenvalue weighted by Crippen LogP contribution is -2.62. The van der Waals surface area contributed by atoms with Gasteiger partial charge in [-0.25, -0.2) is 4.79 Å². The zero-order chi connectivity index (χ0) is 38.5. The molecular formula is C38H65N7O6. The second kappa shape index (κ2) is 14.0. The van der Waals surface area contributed by atoms with Gasteiger partial charge < -0.3 is 37.2 Å². The van der Waals surface area contributed by atoms with Gasteiger partial charge in [0.15, 0.2) is 0 Å². The molecule has 3 saturated carbocycles. The van der Waals surface area contributed by atoms with Crippen LogP contribution in [0.15, 0.2) is 0 Å². The van der Waals surface area contributed by atoms with Crippen molar-refractivity contribution in [2.75, 3.05) is 20.1 Å². The third-order valence-electron chi connectivity index (χ3n) is 13.1. The number of carbonyl (C=O) groups is 6. The molecule has 4 fully saturated rings. The summed E-state index contributed by atoms with van der Waals surface area (Å²) in [5, 5.41) is 14.1. The van der Waals surface area contributed by atoms with Crippen molar-refractivity contribution in [1.29, 1.82) is 0 Å². The van der Waals surface area contributed by atoms with E-state index in [1.807, 2.05) is 41.5 Å². The van der Waals surface area contributed by atoms with Crippen molar-refractivity contribution in [3.05, 3.63) is 0 Å². The zero-order valence-corrected chi connectivity index (χ0v) is 32.9. The Morgan fingerprint density at radius 1 is 0.843 bits per heavy atom. The van der Waals surface area contributed by atoms with Gasteiger partial charge >= 0.3 is 6.03 Å². The smallest absolute Gasteiger partial charge is 0.315 e. The van der Waals surface area contributed by atoms with Gasteiger partial charge in [-0.05, 0) is 67.1 Å². The van der Waals surface area contributed by atoms with Crippen molar-refractivity contribution in [3.8, 4) is 0 Å². The summed E-state index contributed by atoms with van der Waals surface area (Å²) < 4.78 is 0. The molecule has 288 valence electrons. The van der Waals surface area contributed by atoms with E-state index in [1.165, 1.54) is 7.05 Å². The average Bonchev–Trinajstić information content (AvgIpc) is 3.19. The number of likely N-dealkylation sites (tertiary alicyclic amines) is 1. The fourth-order valence-electron chi connectivity index (χ4n) is 9.05. The van der Waals surface area contributed by atoms with Crippen LogP contribution in [0, 0.1) is 33.0 Å². The summed E-state index contributed by atoms with van der Waals surface area (Å²) in [6, 6.07) is -3.92. The third-order valence-corrected chi connectivity index (χ3v) is 13.1. The lowest BCUT2D eigenvalue weighted by atomic mass is 9.73. The predicted molar refractivity (Wildman–Crippen MR) is 195 cm³/mol. The van der Waals surface area contributed by atoms with Crippen molar-refractivity contribution < 1.29 is 28.8 Å². The number of ketones is 1. The van der Waals surface area contributed by atoms with Gasteiger partial charge in [0.05, 0.1) is 17.6 Å². The molecule has 0 aromatic heterocycles. The van der Waals surface area contributed by atoms with Crippen molar-refractivity contribution in [2.45, 2.75) is 150 Å². The normalized spacial score (nSPS) is 25.5. The predicted octanol–water partition coefficient (Wildman–Crippen LogP) is 2.76. The van der Waals surface area contributed by atoms with E-state index in [0.717, 1.165) is 38.5 Å². The van der Waals surface area contributed by atoms with Gasteiger partial charge in [0.25, 0.3) is 5.91 Å². The van der Waals surface area contributed by atoms with Gasteiger partial charge in [-0.3, -0.25) is 24.0 Å². The van der Waals surface area contributed by atoms with Crippen LogP contribution in [0.4, 0.5) is 4.79 Å². The number of nitrogens with one attached hydrogen (secondary N) is 5. The number of amides is 6. The second-order valence-corrected chi connectivity index (χ2v) is 19.1. The Bertz CT molecular complexity index is 1400. The molecule has 0 radical (unpaired) electrons. The lowest BCUT2D eigenvalue weighted by Gasteiger charge is -2.37. The molecule has 1 heterocycles. The first-order valence-corrected chi connectivity index (χ1v) is 18.8. The first kappa shape index (κ1) is 40.5. The summed E-state index contributed by atoms with van der Waals surface area (Å²) in [5.41, 5.74) is 3.33. The molecule has 5 atom stereocenters. The second-order valence-electron chi connectivity index (χ2n) is 19.1. The first-order chi connectivity index (χ1) is 23.3. The number of urea groups is 1. The highest BCUT2D eigenvalue weighted by atomic mass is 16.2. The van der Waals surface area contributed by atoms with Gasteiger partial charge in [0.1, 0.15) is 12.1 Å². The summed E-state index contributed by atoms with van der Waals surface area (Å²) in [6.07, 6.45) is 6.93. The van der Waals surface area contributed by atoms with Crippen LogP contribution in [0.2, 0.25) is 0 Å². The molecule has 0 bridgehead atoms. The number of rotatable bonds is 12. The maximum absolute atomic E-state index is 14.8. The molecule has 1 aliphatic heterocycles. The third kappa shape index (κ3) is 7.64. The van der Waals surface area contributed by atoms with Crippen molar-refractivity contribution >= 4 is 35.4 Å². The van der Waals surface area contributed by atoms with Crippen LogP contribution >= 0.6 is 0 Å². The Balaban J connectivity index is 1.60. The van der Waals surface area contributed by atoms with Gasteiger partial charge in [-0.2, -0.15) is 0 Å². The standard InChI is InChI=1S/C38H65N7O6/c1-33(2,3)25(20-41-31(50)35(7,8)39)43-32(51)44-27(34(4,5)6)30(49)45-21-38(36(9,10)37(38)16-13-17-37)19-24(45)28(47)42-23(18-22-14-12-15-22)26(46)29(48)40-11/h22-25,27H,12-21,39H2,1-11H3,(H,40,48)(H,41,50)(H,42,47)(H2,43,44,51)/t23?,24-,25+,27+,38+/m0/s1. The number of nitrogens with zero attached hydrogens (tertiary/aromatic N) is 1. The number of likely N-dealkylation sites (N-methyl/N-ethyl adjacent to an activating group) is 1. The van der Waals surface area contributed by atoms with Crippen LogP contribution in [0.25, 0.3) is 0 Å². The van der Waals surface area contributed by atoms with Crippen molar-refractivity contribution in [1.82, 2.24) is 31.5 Å². The number of fused-ring (bicyclic) bond motifs is 1. The van der Waals surface area contributed by atoms with E-state index in [9.17, 15) is 28.8 Å². The first-order valence-electron chi connectivity index (χ1n) is 18.8. The van der Waals surface area contributed by atoms with Gasteiger partial charge in [-0.15, -0.1) is 0 Å². The molecule has 0 aromatic carbocycles. The largest absolute Gasteiger partial charge is 0.353 e. The van der Waals surface area contributed by atoms with Crippen LogP contribution < -0.4 is 32.3 Å². The molecule has 3 aliphatic carbocycles. The minimum absolute atomic E-state index is 0.0291. The van der Waals surface area contributed by atoms with E-state index in [2.05, 4.69) is 40.4 Å². The van der Waals surface area contributed by atoms with E-state index < -0.39 is 64.2 Å². The maximum atomic E-state index is 14.8. The Hall–Kier alpha value is -3.22. The topological polar surface area (TPSA) is 192 Å². The van der Waals surface area contributed by atoms with E-state index >= 15 is 0 Å². The minimum Gasteiger partial charge on any atom is -0.353 e. The molecule has 6 amide bonds. The number of hydrogen-bond acceptors (Lipinski definition) is 7. The van der Waals surface area contributed by atoms with Crippen LogP contribution in [0.5, 0.6) is 0 Å². The fourth-order valence-corrected chi connectivity index (χ4v) is 9.05. The molecule has 1 unspecified atom stereocenters. The van der Waals surface area contributed by atoms with Crippen LogP contribution in [0.1, 0.15) is 121 Å². The number of carbonyl (C=O) groups excluding carboxylic acids is 6. The molecule has 4 rings (SSSR count). The summed E-state index contributed by atoms with van der Waals surface area (Å²) >= 11 is 0. The Kier molecular flexibility index (Phi) is 11.1. The quantitative estimate of drug-likeness (QED) is 0.167. The number of nitrogens with two attached hydrogens (primary N) is 1. The van der Waals surface area contributed by atoms with E-state index in [1.54, 1.807) is 18.7 Å². The number of Topliss-reactive ketones (excluding diaryl/α,β-unsaturated/α-hetero) is 1. The Morgan fingerprint density at radius 2 is 1.45 bits per heavy atom. The highest BCUT2D eigenvalue weighted by Gasteiger charge is 2.85. The summed E-state index contributed by atoms with van der Waals surface area (Å²) in [5.74, 6) is -2.36. The van der Waals surface area contributed by atoms with Crippen LogP contribution in [-0.4, -0.2) is 90.2 Å². The molecular weight excluding hydrogens is 650 g/mol. The average molecular weight is 716 g/mol. The van der Waals surface area contributed by atoms with Crippen molar-refractivity contribution in [2.24, 2.45) is 38.7 Å². The van der Waals surface area contributed by atoms with Gasteiger partial charge in [0, 0.05) is 25.6 Å². The SMILES string of the molecule is CNC(=O)C(=O)C(CC1CCC1)NC(=O)[C@@H]1C[C@@]2(CN1C(=O)[C@@H](NC(=O)N[C@H](CNC(=O)C(C)(C)N)C(C)(C)C)C(C)(C)C)C(C)(C)C21CCC1. The van der Waals surface area contributed by atoms with E-state index in [0.29, 0.717) is 19.4 Å². The van der Waals surface area contributed by atoms with E-state index in [-0.39, 0.29) is 40.5 Å². The summed E-state index contributed by atoms with van der Waals surface area (Å²) in [7, 11) is 1.40. The lowest BCUT2D eigenvalue weighted by molar-refractivity contribution is -0.144. The summed E-state index contributed by atoms with van der Waals surface area (Å²) in [6.45, 7) is 19.6. The molecule has 0 aromatic rings. The van der Waals surface area contributed by atoms with Crippen molar-refractivity contribution in [3.63, 3.8) is 0 Å². The Morgan fingerprint density at radius 3 is 1.88 bits per heavy atom. The summed E-state index contributed by atoms with van der Waals surface area (Å²) in [4.78, 5) is 82.6. The molecule has 13 nitrogen and oxygen atoms in total. The highest BCUT2D eigenvalue weighted by Crippen LogP contribution is 2.88. The molecule has 1 saturated heterocycles. The molecule has 51 heavy (non-hydrogen) atoms. The molecule has 2 spiro atoms. The fraction of sp³-hybridized carbons (Fsp3) is 0.842. The van der Waals surface area contributed by atoms with E-state index in [4.69, 9.17) is 5.73 Å². The molecule has 13 heteroatoms. The molecule has 4 aliphatic rings.